The Morgan fingerprint density at radius 1 is 0.353 bits per heavy atom. The third-order valence-electron chi connectivity index (χ3n) is 9.55. The van der Waals surface area contributed by atoms with Crippen LogP contribution in [0.25, 0.3) is 100 Å². The summed E-state index contributed by atoms with van der Waals surface area (Å²) in [6, 6.07) is 58.3. The molecule has 8 aromatic carbocycles. The van der Waals surface area contributed by atoms with Gasteiger partial charge in [-0.1, -0.05) is 146 Å². The van der Waals surface area contributed by atoms with Crippen LogP contribution in [0, 0.1) is 0 Å². The van der Waals surface area contributed by atoms with E-state index in [-0.39, 0.29) is 0 Å². The van der Waals surface area contributed by atoms with Crippen molar-refractivity contribution < 1.29 is 4.42 Å². The molecule has 238 valence electrons. The van der Waals surface area contributed by atoms with Gasteiger partial charge in [0.1, 0.15) is 5.52 Å². The molecule has 0 fully saturated rings. The Labute approximate surface area is 293 Å². The minimum absolute atomic E-state index is 0.566. The first kappa shape index (κ1) is 29.0. The van der Waals surface area contributed by atoms with E-state index in [2.05, 4.69) is 121 Å². The van der Waals surface area contributed by atoms with Crippen molar-refractivity contribution in [1.82, 2.24) is 19.9 Å². The van der Waals surface area contributed by atoms with Crippen molar-refractivity contribution in [2.45, 2.75) is 0 Å². The monoisotopic (exact) mass is 652 g/mol. The minimum Gasteiger partial charge on any atom is -0.435 e. The molecule has 0 aliphatic carbocycles. The molecule has 0 spiro atoms. The van der Waals surface area contributed by atoms with E-state index in [1.165, 1.54) is 16.2 Å². The predicted molar refractivity (Wildman–Crippen MR) is 207 cm³/mol. The molecule has 0 saturated carbocycles. The Kier molecular flexibility index (Phi) is 6.74. The zero-order valence-electron chi connectivity index (χ0n) is 27.4. The fourth-order valence-corrected chi connectivity index (χ4v) is 6.99. The number of rotatable bonds is 5. The predicted octanol–water partition coefficient (Wildman–Crippen LogP) is 11.8. The summed E-state index contributed by atoms with van der Waals surface area (Å²) in [5.41, 5.74) is 7.37. The van der Waals surface area contributed by atoms with Crippen LogP contribution in [0.3, 0.4) is 0 Å². The fourth-order valence-electron chi connectivity index (χ4n) is 6.99. The number of fused-ring (bicyclic) bond motifs is 6. The molecule has 0 aliphatic heterocycles. The fraction of sp³-hybridized carbons (Fsp3) is 0. The van der Waals surface area contributed by atoms with Gasteiger partial charge in [-0.2, -0.15) is 0 Å². The van der Waals surface area contributed by atoms with Crippen LogP contribution in [0.4, 0.5) is 0 Å². The van der Waals surface area contributed by atoms with Gasteiger partial charge in [-0.05, 0) is 62.3 Å². The highest BCUT2D eigenvalue weighted by Gasteiger charge is 2.19. The molecule has 2 aromatic heterocycles. The molecular formula is C46H28N4O. The number of hydrogen-bond donors (Lipinski definition) is 0. The van der Waals surface area contributed by atoms with Crippen LogP contribution in [-0.2, 0) is 0 Å². The van der Waals surface area contributed by atoms with Crippen LogP contribution < -0.4 is 0 Å². The van der Waals surface area contributed by atoms with Crippen LogP contribution in [0.2, 0.25) is 0 Å². The van der Waals surface area contributed by atoms with Gasteiger partial charge in [0.05, 0.1) is 0 Å². The van der Waals surface area contributed by atoms with E-state index in [4.69, 9.17) is 24.4 Å². The van der Waals surface area contributed by atoms with E-state index in [0.29, 0.717) is 28.9 Å². The molecule has 0 N–H and O–H groups in total. The summed E-state index contributed by atoms with van der Waals surface area (Å²) >= 11 is 0. The average Bonchev–Trinajstić information content (AvgIpc) is 3.66. The maximum atomic E-state index is 6.52. The Morgan fingerprint density at radius 3 is 1.76 bits per heavy atom. The summed E-state index contributed by atoms with van der Waals surface area (Å²) in [4.78, 5) is 20.3. The Bertz CT molecular complexity index is 2900. The second-order valence-corrected chi connectivity index (χ2v) is 12.7. The van der Waals surface area contributed by atoms with Crippen molar-refractivity contribution in [3.05, 3.63) is 170 Å². The molecule has 5 heteroatoms. The lowest BCUT2D eigenvalue weighted by molar-refractivity contribution is 0.623. The first-order chi connectivity index (χ1) is 25.2. The molecule has 0 bridgehead atoms. The molecule has 5 nitrogen and oxygen atoms in total. The van der Waals surface area contributed by atoms with Crippen LogP contribution in [0.5, 0.6) is 0 Å². The lowest BCUT2D eigenvalue weighted by atomic mass is 10.00. The molecular weight excluding hydrogens is 625 g/mol. The van der Waals surface area contributed by atoms with Gasteiger partial charge in [0.15, 0.2) is 23.1 Å². The Balaban J connectivity index is 1.18. The molecule has 10 aromatic rings. The van der Waals surface area contributed by atoms with E-state index in [1.54, 1.807) is 0 Å². The first-order valence-corrected chi connectivity index (χ1v) is 17.0. The highest BCUT2D eigenvalue weighted by Crippen LogP contribution is 2.37. The van der Waals surface area contributed by atoms with E-state index in [1.807, 2.05) is 48.5 Å². The van der Waals surface area contributed by atoms with Gasteiger partial charge in [0.2, 0.25) is 5.89 Å². The second-order valence-electron chi connectivity index (χ2n) is 12.7. The first-order valence-electron chi connectivity index (χ1n) is 17.0. The standard InChI is InChI=1S/C46H28N4O/c1-3-10-29(11-4-1)30-18-21-33(22-19-30)43-48-44(36-24-26-38-35(28-36)23-20-31-12-7-8-16-37(31)38)50-45(49-43)39-17-9-15-32-25-27-40-42(41(32)39)51-46(47-40)34-13-5-2-6-14-34/h1-28H. The van der Waals surface area contributed by atoms with Gasteiger partial charge in [-0.3, -0.25) is 0 Å². The maximum absolute atomic E-state index is 6.52. The third kappa shape index (κ3) is 5.11. The summed E-state index contributed by atoms with van der Waals surface area (Å²) < 4.78 is 6.52. The lowest BCUT2D eigenvalue weighted by Gasteiger charge is -2.12. The van der Waals surface area contributed by atoms with Gasteiger partial charge < -0.3 is 4.42 Å². The maximum Gasteiger partial charge on any atom is 0.227 e. The normalized spacial score (nSPS) is 11.5. The molecule has 2 heterocycles. The number of nitrogens with zero attached hydrogens (tertiary/aromatic N) is 4. The van der Waals surface area contributed by atoms with Crippen LogP contribution in [-0.4, -0.2) is 19.9 Å². The van der Waals surface area contributed by atoms with Crippen LogP contribution in [0.15, 0.2) is 174 Å². The zero-order chi connectivity index (χ0) is 33.7. The van der Waals surface area contributed by atoms with E-state index in [0.717, 1.165) is 55.1 Å². The quantitative estimate of drug-likeness (QED) is 0.173. The summed E-state index contributed by atoms with van der Waals surface area (Å²) in [6.45, 7) is 0. The van der Waals surface area contributed by atoms with Gasteiger partial charge in [0, 0.05) is 27.6 Å². The topological polar surface area (TPSA) is 64.7 Å². The van der Waals surface area contributed by atoms with Gasteiger partial charge >= 0.3 is 0 Å². The number of benzene rings is 8. The molecule has 51 heavy (non-hydrogen) atoms. The summed E-state index contributed by atoms with van der Waals surface area (Å²) in [6.07, 6.45) is 0. The highest BCUT2D eigenvalue weighted by molar-refractivity contribution is 6.11. The Morgan fingerprint density at radius 2 is 0.941 bits per heavy atom. The van der Waals surface area contributed by atoms with Crippen molar-refractivity contribution >= 4 is 43.4 Å². The number of hydrogen-bond acceptors (Lipinski definition) is 5. The molecule has 0 radical (unpaired) electrons. The van der Waals surface area contributed by atoms with E-state index in [9.17, 15) is 0 Å². The Hall–Kier alpha value is -6.98. The van der Waals surface area contributed by atoms with Gasteiger partial charge in [0.25, 0.3) is 0 Å². The summed E-state index contributed by atoms with van der Waals surface area (Å²) in [5.74, 6) is 2.34. The smallest absolute Gasteiger partial charge is 0.227 e. The molecule has 0 atom stereocenters. The molecule has 0 amide bonds. The van der Waals surface area contributed by atoms with Crippen molar-refractivity contribution in [3.8, 4) is 56.7 Å². The number of aromatic nitrogens is 4. The number of oxazole rings is 1. The van der Waals surface area contributed by atoms with Crippen molar-refractivity contribution in [2.75, 3.05) is 0 Å². The highest BCUT2D eigenvalue weighted by atomic mass is 16.3. The lowest BCUT2D eigenvalue weighted by Crippen LogP contribution is -2.00. The van der Waals surface area contributed by atoms with Crippen LogP contribution in [0.1, 0.15) is 0 Å². The molecule has 0 saturated heterocycles. The van der Waals surface area contributed by atoms with Gasteiger partial charge in [-0.25, -0.2) is 19.9 Å². The SMILES string of the molecule is c1ccc(-c2ccc(-c3nc(-c4ccc5c(ccc6ccccc65)c4)nc(-c4cccc5ccc6nc(-c7ccccc7)oc6c45)n3)cc2)cc1. The molecule has 0 aliphatic rings. The largest absolute Gasteiger partial charge is 0.435 e. The molecule has 0 unspecified atom stereocenters. The van der Waals surface area contributed by atoms with E-state index < -0.39 is 0 Å². The average molecular weight is 653 g/mol. The minimum atomic E-state index is 0.566. The van der Waals surface area contributed by atoms with E-state index >= 15 is 0 Å². The van der Waals surface area contributed by atoms with Gasteiger partial charge in [-0.15, -0.1) is 0 Å². The van der Waals surface area contributed by atoms with Crippen molar-refractivity contribution in [2.24, 2.45) is 0 Å². The summed E-state index contributed by atoms with van der Waals surface area (Å²) in [7, 11) is 0. The second kappa shape index (κ2) is 11.9. The van der Waals surface area contributed by atoms with Crippen molar-refractivity contribution in [1.29, 1.82) is 0 Å². The third-order valence-corrected chi connectivity index (χ3v) is 9.55. The molecule has 10 rings (SSSR count). The summed E-state index contributed by atoms with van der Waals surface area (Å²) in [5, 5.41) is 6.69. The van der Waals surface area contributed by atoms with Crippen molar-refractivity contribution in [3.63, 3.8) is 0 Å². The zero-order valence-corrected chi connectivity index (χ0v) is 27.4. The van der Waals surface area contributed by atoms with Crippen LogP contribution >= 0.6 is 0 Å².